The second-order valence-electron chi connectivity index (χ2n) is 8.40. The molecule has 0 radical (unpaired) electrons. The van der Waals surface area contributed by atoms with Gasteiger partial charge in [0.15, 0.2) is 17.0 Å². The van der Waals surface area contributed by atoms with Crippen molar-refractivity contribution in [2.24, 2.45) is 0 Å². The quantitative estimate of drug-likeness (QED) is 0.532. The SMILES string of the molecule is c1ccc(Cn2nnc3c(N[C@H]4CCCc5ccccc54)nc(C4CC4)nc32)cc1. The van der Waals surface area contributed by atoms with Crippen LogP contribution in [0.1, 0.15) is 60.2 Å². The highest BCUT2D eigenvalue weighted by Crippen LogP contribution is 2.40. The van der Waals surface area contributed by atoms with Gasteiger partial charge in [-0.2, -0.15) is 0 Å². The van der Waals surface area contributed by atoms with E-state index in [1.807, 2.05) is 22.9 Å². The van der Waals surface area contributed by atoms with Crippen LogP contribution in [0.3, 0.4) is 0 Å². The lowest BCUT2D eigenvalue weighted by Gasteiger charge is -2.26. The molecule has 1 atom stereocenters. The Morgan fingerprint density at radius 3 is 2.63 bits per heavy atom. The molecule has 2 aliphatic rings. The summed E-state index contributed by atoms with van der Waals surface area (Å²) in [6, 6.07) is 19.3. The minimum atomic E-state index is 0.249. The monoisotopic (exact) mass is 396 g/mol. The predicted octanol–water partition coefficient (Wildman–Crippen LogP) is 4.64. The van der Waals surface area contributed by atoms with E-state index in [1.54, 1.807) is 0 Å². The van der Waals surface area contributed by atoms with E-state index in [2.05, 4.69) is 52.0 Å². The maximum Gasteiger partial charge on any atom is 0.184 e. The van der Waals surface area contributed by atoms with Crippen LogP contribution in [0.5, 0.6) is 0 Å². The molecule has 6 nitrogen and oxygen atoms in total. The number of nitrogens with zero attached hydrogens (tertiary/aromatic N) is 5. The Balaban J connectivity index is 1.40. The molecule has 0 saturated heterocycles. The van der Waals surface area contributed by atoms with Crippen LogP contribution >= 0.6 is 0 Å². The first-order valence-electron chi connectivity index (χ1n) is 10.8. The molecule has 2 aromatic carbocycles. The Labute approximate surface area is 175 Å². The summed E-state index contributed by atoms with van der Waals surface area (Å²) in [5.41, 5.74) is 5.58. The van der Waals surface area contributed by atoms with Gasteiger partial charge in [-0.3, -0.25) is 0 Å². The third kappa shape index (κ3) is 3.22. The van der Waals surface area contributed by atoms with Crippen LogP contribution < -0.4 is 5.32 Å². The van der Waals surface area contributed by atoms with Crippen LogP contribution in [0, 0.1) is 0 Å². The Kier molecular flexibility index (Phi) is 4.22. The Hall–Kier alpha value is -3.28. The van der Waals surface area contributed by atoms with E-state index in [0.717, 1.165) is 48.5 Å². The van der Waals surface area contributed by atoms with E-state index in [4.69, 9.17) is 9.97 Å². The molecule has 0 amide bonds. The number of nitrogens with one attached hydrogen (secondary N) is 1. The molecule has 4 aromatic rings. The summed E-state index contributed by atoms with van der Waals surface area (Å²) < 4.78 is 1.90. The van der Waals surface area contributed by atoms with Crippen LogP contribution in [0.25, 0.3) is 11.2 Å². The fraction of sp³-hybridized carbons (Fsp3) is 0.333. The molecule has 150 valence electrons. The Morgan fingerprint density at radius 2 is 1.77 bits per heavy atom. The van der Waals surface area contributed by atoms with Crippen molar-refractivity contribution in [3.05, 3.63) is 77.1 Å². The Bertz CT molecular complexity index is 1200. The van der Waals surface area contributed by atoms with Gasteiger partial charge >= 0.3 is 0 Å². The number of hydrogen-bond donors (Lipinski definition) is 1. The van der Waals surface area contributed by atoms with Gasteiger partial charge in [-0.15, -0.1) is 5.10 Å². The van der Waals surface area contributed by atoms with Crippen molar-refractivity contribution in [2.75, 3.05) is 5.32 Å². The first kappa shape index (κ1) is 17.6. The summed E-state index contributed by atoms with van der Waals surface area (Å²) in [4.78, 5) is 9.79. The van der Waals surface area contributed by atoms with Gasteiger partial charge in [-0.1, -0.05) is 59.8 Å². The third-order valence-corrected chi connectivity index (χ3v) is 6.18. The van der Waals surface area contributed by atoms with Crippen molar-refractivity contribution >= 4 is 17.0 Å². The molecule has 1 N–H and O–H groups in total. The number of benzene rings is 2. The molecule has 1 fully saturated rings. The fourth-order valence-electron chi connectivity index (χ4n) is 4.43. The van der Waals surface area contributed by atoms with Crippen LogP contribution in [-0.4, -0.2) is 25.0 Å². The molecule has 30 heavy (non-hydrogen) atoms. The topological polar surface area (TPSA) is 68.5 Å². The van der Waals surface area contributed by atoms with Gasteiger partial charge in [0, 0.05) is 5.92 Å². The highest BCUT2D eigenvalue weighted by Gasteiger charge is 2.30. The smallest absolute Gasteiger partial charge is 0.184 e. The average Bonchev–Trinajstić information content (AvgIpc) is 3.57. The summed E-state index contributed by atoms with van der Waals surface area (Å²) in [6.45, 7) is 0.657. The normalized spacial score (nSPS) is 18.3. The lowest BCUT2D eigenvalue weighted by atomic mass is 9.88. The van der Waals surface area contributed by atoms with E-state index < -0.39 is 0 Å². The summed E-state index contributed by atoms with van der Waals surface area (Å²) in [6.07, 6.45) is 5.75. The minimum absolute atomic E-state index is 0.249. The van der Waals surface area contributed by atoms with Crippen LogP contribution in [-0.2, 0) is 13.0 Å². The van der Waals surface area contributed by atoms with E-state index >= 15 is 0 Å². The lowest BCUT2D eigenvalue weighted by molar-refractivity contribution is 0.598. The number of aromatic nitrogens is 5. The van der Waals surface area contributed by atoms with Crippen molar-refractivity contribution in [3.63, 3.8) is 0 Å². The second-order valence-corrected chi connectivity index (χ2v) is 8.40. The summed E-state index contributed by atoms with van der Waals surface area (Å²) in [5, 5.41) is 12.6. The summed E-state index contributed by atoms with van der Waals surface area (Å²) in [7, 11) is 0. The number of rotatable bonds is 5. The largest absolute Gasteiger partial charge is 0.361 e. The highest BCUT2D eigenvalue weighted by atomic mass is 15.4. The van der Waals surface area contributed by atoms with Crippen molar-refractivity contribution in [1.29, 1.82) is 0 Å². The fourth-order valence-corrected chi connectivity index (χ4v) is 4.43. The second kappa shape index (κ2) is 7.20. The number of anilines is 1. The van der Waals surface area contributed by atoms with Gasteiger partial charge in [0.05, 0.1) is 12.6 Å². The molecular formula is C24H24N6. The van der Waals surface area contributed by atoms with Gasteiger partial charge in [-0.25, -0.2) is 14.6 Å². The molecular weight excluding hydrogens is 372 g/mol. The molecule has 0 bridgehead atoms. The van der Waals surface area contributed by atoms with Crippen LogP contribution in [0.2, 0.25) is 0 Å². The minimum Gasteiger partial charge on any atom is -0.361 e. The Morgan fingerprint density at radius 1 is 0.933 bits per heavy atom. The van der Waals surface area contributed by atoms with Crippen molar-refractivity contribution in [1.82, 2.24) is 25.0 Å². The van der Waals surface area contributed by atoms with E-state index in [9.17, 15) is 0 Å². The first-order chi connectivity index (χ1) is 14.8. The number of hydrogen-bond acceptors (Lipinski definition) is 5. The van der Waals surface area contributed by atoms with Gasteiger partial charge in [-0.05, 0) is 48.8 Å². The number of fused-ring (bicyclic) bond motifs is 2. The maximum absolute atomic E-state index is 4.91. The highest BCUT2D eigenvalue weighted by molar-refractivity contribution is 5.82. The molecule has 0 unspecified atom stereocenters. The molecule has 6 rings (SSSR count). The zero-order valence-electron chi connectivity index (χ0n) is 16.8. The zero-order valence-corrected chi connectivity index (χ0v) is 16.8. The molecule has 2 heterocycles. The number of aryl methyl sites for hydroxylation is 1. The van der Waals surface area contributed by atoms with E-state index in [-0.39, 0.29) is 6.04 Å². The van der Waals surface area contributed by atoms with Crippen molar-refractivity contribution < 1.29 is 0 Å². The summed E-state index contributed by atoms with van der Waals surface area (Å²) >= 11 is 0. The van der Waals surface area contributed by atoms with E-state index in [1.165, 1.54) is 23.1 Å². The first-order valence-corrected chi connectivity index (χ1v) is 10.8. The van der Waals surface area contributed by atoms with Gasteiger partial charge in [0.1, 0.15) is 5.82 Å². The molecule has 0 spiro atoms. The maximum atomic E-state index is 4.91. The van der Waals surface area contributed by atoms with Gasteiger partial charge in [0.25, 0.3) is 0 Å². The van der Waals surface area contributed by atoms with Crippen LogP contribution in [0.4, 0.5) is 5.82 Å². The van der Waals surface area contributed by atoms with Gasteiger partial charge < -0.3 is 5.32 Å². The van der Waals surface area contributed by atoms with Gasteiger partial charge in [0.2, 0.25) is 0 Å². The average molecular weight is 396 g/mol. The molecule has 2 aromatic heterocycles. The van der Waals surface area contributed by atoms with Crippen LogP contribution in [0.15, 0.2) is 54.6 Å². The lowest BCUT2D eigenvalue weighted by Crippen LogP contribution is -2.18. The molecule has 1 saturated carbocycles. The van der Waals surface area contributed by atoms with Crippen molar-refractivity contribution in [3.8, 4) is 0 Å². The zero-order chi connectivity index (χ0) is 19.9. The van der Waals surface area contributed by atoms with E-state index in [0.29, 0.717) is 12.5 Å². The summed E-state index contributed by atoms with van der Waals surface area (Å²) in [5.74, 6) is 2.21. The molecule has 6 heteroatoms. The molecule has 0 aliphatic heterocycles. The molecule has 2 aliphatic carbocycles. The standard InChI is InChI=1S/C24H24N6/c1-2-7-16(8-3-1)15-30-24-21(28-29-30)23(26-22(27-24)18-13-14-18)25-20-12-6-10-17-9-4-5-11-19(17)20/h1-5,7-9,11,18,20H,6,10,12-15H2,(H,25,26,27)/t20-/m0/s1. The third-order valence-electron chi connectivity index (χ3n) is 6.18. The van der Waals surface area contributed by atoms with Crippen molar-refractivity contribution in [2.45, 2.75) is 50.6 Å². The predicted molar refractivity (Wildman–Crippen MR) is 116 cm³/mol.